The van der Waals surface area contributed by atoms with Gasteiger partial charge in [0.15, 0.2) is 0 Å². The van der Waals surface area contributed by atoms with E-state index in [2.05, 4.69) is 9.97 Å². The molecule has 146 valence electrons. The number of methoxy groups -OCH3 is 4. The van der Waals surface area contributed by atoms with Crippen molar-refractivity contribution in [2.24, 2.45) is 0 Å². The van der Waals surface area contributed by atoms with Crippen molar-refractivity contribution >= 4 is 21.8 Å². The molecule has 2 aromatic heterocycles. The van der Waals surface area contributed by atoms with Gasteiger partial charge in [0.25, 0.3) is 0 Å². The highest BCUT2D eigenvalue weighted by Gasteiger charge is 2.19. The summed E-state index contributed by atoms with van der Waals surface area (Å²) in [4.78, 5) is 6.04. The van der Waals surface area contributed by atoms with E-state index in [9.17, 15) is 10.2 Å². The van der Waals surface area contributed by atoms with Crippen LogP contribution in [0.25, 0.3) is 33.2 Å². The minimum Gasteiger partial charge on any atom is -0.870 e. The Kier molecular flexibility index (Phi) is 4.11. The normalized spacial score (nSPS) is 11.1. The predicted octanol–water partition coefficient (Wildman–Crippen LogP) is 2.50. The number of fused-ring (bicyclic) bond motifs is 2. The lowest BCUT2D eigenvalue weighted by molar-refractivity contribution is -0.268. The summed E-state index contributed by atoms with van der Waals surface area (Å²) in [6, 6.07) is 6.68. The molecule has 0 spiro atoms. The third kappa shape index (κ3) is 2.31. The summed E-state index contributed by atoms with van der Waals surface area (Å²) in [5, 5.41) is 26.9. The molecule has 28 heavy (non-hydrogen) atoms. The molecule has 0 bridgehead atoms. The maximum Gasteiger partial charge on any atom is 0.143 e. The van der Waals surface area contributed by atoms with Gasteiger partial charge in [0.1, 0.15) is 23.0 Å². The van der Waals surface area contributed by atoms with E-state index in [1.165, 1.54) is 28.4 Å². The lowest BCUT2D eigenvalue weighted by Crippen LogP contribution is -1.96. The maximum atomic E-state index is 13.1. The maximum absolute atomic E-state index is 13.1. The summed E-state index contributed by atoms with van der Waals surface area (Å²) in [6.45, 7) is 0. The van der Waals surface area contributed by atoms with Crippen LogP contribution in [-0.4, -0.2) is 38.4 Å². The molecule has 0 aliphatic heterocycles. The smallest absolute Gasteiger partial charge is 0.143 e. The van der Waals surface area contributed by atoms with Crippen LogP contribution < -0.4 is 29.2 Å². The van der Waals surface area contributed by atoms with Gasteiger partial charge in [0.05, 0.1) is 50.9 Å². The molecular weight excluding hydrogens is 364 g/mol. The van der Waals surface area contributed by atoms with Crippen LogP contribution in [0.5, 0.6) is 34.5 Å². The standard InChI is InChI=1S/C20H20N2O6/c1-25-9-5-7-11(27-3)15-13(9)19(23)17(21-15)18-20(24)14-10(26-2)6-8-12(28-4)16(14)22-18/h5-8,21-24H,1-4H3/p-2. The van der Waals surface area contributed by atoms with Gasteiger partial charge in [-0.15, -0.1) is 0 Å². The second-order valence-electron chi connectivity index (χ2n) is 6.10. The number of benzene rings is 2. The van der Waals surface area contributed by atoms with Crippen molar-refractivity contribution in [2.45, 2.75) is 0 Å². The van der Waals surface area contributed by atoms with Crippen molar-refractivity contribution in [3.8, 4) is 45.9 Å². The van der Waals surface area contributed by atoms with Gasteiger partial charge in [-0.1, -0.05) is 11.5 Å². The molecule has 2 N–H and O–H groups in total. The van der Waals surface area contributed by atoms with Crippen molar-refractivity contribution in [3.63, 3.8) is 0 Å². The largest absolute Gasteiger partial charge is 0.870 e. The number of H-pyrrole nitrogens is 2. The summed E-state index contributed by atoms with van der Waals surface area (Å²) in [5.41, 5.74) is 1.14. The van der Waals surface area contributed by atoms with Gasteiger partial charge >= 0.3 is 0 Å². The number of rotatable bonds is 5. The van der Waals surface area contributed by atoms with Gasteiger partial charge in [-0.25, -0.2) is 0 Å². The molecule has 0 radical (unpaired) electrons. The second-order valence-corrected chi connectivity index (χ2v) is 6.10. The number of ether oxygens (including phenoxy) is 4. The summed E-state index contributed by atoms with van der Waals surface area (Å²) in [7, 11) is 5.96. The molecule has 0 aliphatic rings. The molecule has 0 fully saturated rings. The Morgan fingerprint density at radius 2 is 0.893 bits per heavy atom. The SMILES string of the molecule is COc1ccc(OC)c2c([O-])c(-c3[nH]c4c(OC)ccc(OC)c4c3[O-])[nH]c12. The number of hydrogen-bond donors (Lipinski definition) is 2. The Morgan fingerprint density at radius 1 is 0.571 bits per heavy atom. The first-order chi connectivity index (χ1) is 13.5. The third-order valence-electron chi connectivity index (χ3n) is 4.80. The number of nitrogens with one attached hydrogen (secondary N) is 2. The van der Waals surface area contributed by atoms with E-state index in [-0.39, 0.29) is 22.9 Å². The fourth-order valence-corrected chi connectivity index (χ4v) is 3.47. The van der Waals surface area contributed by atoms with Crippen molar-refractivity contribution in [3.05, 3.63) is 24.3 Å². The first kappa shape index (κ1) is 17.7. The summed E-state index contributed by atoms with van der Waals surface area (Å²) < 4.78 is 21.3. The third-order valence-corrected chi connectivity index (χ3v) is 4.80. The highest BCUT2D eigenvalue weighted by molar-refractivity contribution is 6.05. The summed E-state index contributed by atoms with van der Waals surface area (Å²) in [5.74, 6) is 0.986. The molecule has 2 aromatic carbocycles. The van der Waals surface area contributed by atoms with Crippen LogP contribution >= 0.6 is 0 Å². The molecule has 8 heteroatoms. The molecular formula is C20H18N2O6-2. The van der Waals surface area contributed by atoms with Crippen LogP contribution in [0.3, 0.4) is 0 Å². The van der Waals surface area contributed by atoms with Crippen molar-refractivity contribution in [1.82, 2.24) is 9.97 Å². The molecule has 0 amide bonds. The lowest BCUT2D eigenvalue weighted by atomic mass is 10.1. The minimum absolute atomic E-state index is 0.114. The zero-order valence-electron chi connectivity index (χ0n) is 15.8. The molecule has 0 aliphatic carbocycles. The molecule has 0 saturated carbocycles. The fraction of sp³-hybridized carbons (Fsp3) is 0.200. The van der Waals surface area contributed by atoms with E-state index in [0.717, 1.165) is 0 Å². The van der Waals surface area contributed by atoms with E-state index in [4.69, 9.17) is 18.9 Å². The first-order valence-corrected chi connectivity index (χ1v) is 8.43. The van der Waals surface area contributed by atoms with E-state index in [1.54, 1.807) is 24.3 Å². The zero-order chi connectivity index (χ0) is 20.0. The van der Waals surface area contributed by atoms with Crippen LogP contribution in [0, 0.1) is 0 Å². The van der Waals surface area contributed by atoms with E-state index < -0.39 is 0 Å². The molecule has 2 heterocycles. The first-order valence-electron chi connectivity index (χ1n) is 8.43. The Labute approximate surface area is 160 Å². The van der Waals surface area contributed by atoms with Gasteiger partial charge in [0.2, 0.25) is 0 Å². The van der Waals surface area contributed by atoms with Crippen LogP contribution in [0.4, 0.5) is 0 Å². The van der Waals surface area contributed by atoms with E-state index >= 15 is 0 Å². The van der Waals surface area contributed by atoms with Gasteiger partial charge in [-0.2, -0.15) is 0 Å². The number of aromatic amines is 2. The zero-order valence-corrected chi connectivity index (χ0v) is 15.8. The van der Waals surface area contributed by atoms with Crippen molar-refractivity contribution < 1.29 is 29.2 Å². The quantitative estimate of drug-likeness (QED) is 0.548. The topological polar surface area (TPSA) is 115 Å². The average molecular weight is 382 g/mol. The molecule has 0 atom stereocenters. The molecule has 0 saturated heterocycles. The monoisotopic (exact) mass is 382 g/mol. The van der Waals surface area contributed by atoms with E-state index in [0.29, 0.717) is 44.8 Å². The predicted molar refractivity (Wildman–Crippen MR) is 101 cm³/mol. The minimum atomic E-state index is -0.368. The summed E-state index contributed by atoms with van der Waals surface area (Å²) >= 11 is 0. The number of hydrogen-bond acceptors (Lipinski definition) is 6. The van der Waals surface area contributed by atoms with Crippen LogP contribution in [0.15, 0.2) is 24.3 Å². The van der Waals surface area contributed by atoms with Crippen LogP contribution in [0.1, 0.15) is 0 Å². The highest BCUT2D eigenvalue weighted by Crippen LogP contribution is 2.48. The lowest BCUT2D eigenvalue weighted by Gasteiger charge is -2.13. The second kappa shape index (κ2) is 6.49. The summed E-state index contributed by atoms with van der Waals surface area (Å²) in [6.07, 6.45) is 0. The average Bonchev–Trinajstić information content (AvgIpc) is 3.24. The van der Waals surface area contributed by atoms with Gasteiger partial charge in [-0.3, -0.25) is 0 Å². The molecule has 8 nitrogen and oxygen atoms in total. The molecule has 4 rings (SSSR count). The Balaban J connectivity index is 2.07. The van der Waals surface area contributed by atoms with Crippen molar-refractivity contribution in [1.29, 1.82) is 0 Å². The van der Waals surface area contributed by atoms with Gasteiger partial charge in [0, 0.05) is 10.8 Å². The highest BCUT2D eigenvalue weighted by atomic mass is 16.5. The van der Waals surface area contributed by atoms with Gasteiger partial charge < -0.3 is 39.1 Å². The Morgan fingerprint density at radius 3 is 1.21 bits per heavy atom. The van der Waals surface area contributed by atoms with Gasteiger partial charge in [-0.05, 0) is 24.3 Å². The molecule has 0 unspecified atom stereocenters. The van der Waals surface area contributed by atoms with E-state index in [1.807, 2.05) is 0 Å². The van der Waals surface area contributed by atoms with Crippen LogP contribution in [0.2, 0.25) is 0 Å². The Hall–Kier alpha value is -3.68. The van der Waals surface area contributed by atoms with Crippen molar-refractivity contribution in [2.75, 3.05) is 28.4 Å². The fourth-order valence-electron chi connectivity index (χ4n) is 3.47. The van der Waals surface area contributed by atoms with Crippen LogP contribution in [-0.2, 0) is 0 Å². The number of aromatic nitrogens is 2. The Bertz CT molecular complexity index is 1100. The molecule has 4 aromatic rings.